The summed E-state index contributed by atoms with van der Waals surface area (Å²) < 4.78 is 0. The van der Waals surface area contributed by atoms with Crippen LogP contribution in [-0.2, 0) is 0 Å². The molecule has 0 unspecified atom stereocenters. The molecule has 0 amide bonds. The minimum atomic E-state index is 0.988. The van der Waals surface area contributed by atoms with Crippen molar-refractivity contribution in [1.29, 1.82) is 0 Å². The van der Waals surface area contributed by atoms with Crippen molar-refractivity contribution in [2.24, 2.45) is 0 Å². The second-order valence-electron chi connectivity index (χ2n) is 1.04. The fourth-order valence-corrected chi connectivity index (χ4v) is 1.00. The van der Waals surface area contributed by atoms with Crippen molar-refractivity contribution < 1.29 is 0 Å². The van der Waals surface area contributed by atoms with Gasteiger partial charge < -0.3 is 5.32 Å². The Morgan fingerprint density at radius 3 is 3.00 bits per heavy atom. The van der Waals surface area contributed by atoms with Crippen molar-refractivity contribution in [3.8, 4) is 0 Å². The van der Waals surface area contributed by atoms with Crippen LogP contribution in [0, 0.1) is 0 Å². The fraction of sp³-hybridized carbons (Fsp3) is 0. The van der Waals surface area contributed by atoms with E-state index in [0.717, 1.165) is 5.03 Å². The van der Waals surface area contributed by atoms with Gasteiger partial charge in [0.25, 0.3) is 0 Å². The molecule has 0 radical (unpaired) electrons. The van der Waals surface area contributed by atoms with Gasteiger partial charge in [0.2, 0.25) is 0 Å². The summed E-state index contributed by atoms with van der Waals surface area (Å²) in [5.74, 6) is 0. The van der Waals surface area contributed by atoms with Crippen LogP contribution in [-0.4, -0.2) is 0 Å². The van der Waals surface area contributed by atoms with Gasteiger partial charge in [-0.1, -0.05) is 23.4 Å². The van der Waals surface area contributed by atoms with E-state index in [-0.39, 0.29) is 0 Å². The molecule has 1 heterocycles. The normalized spacial score (nSPS) is 23.3. The minimum absolute atomic E-state index is 0.988. The molecule has 1 aliphatic heterocycles. The predicted molar refractivity (Wildman–Crippen MR) is 33.8 cm³/mol. The lowest BCUT2D eigenvalue weighted by Gasteiger charge is -1.88. The highest BCUT2D eigenvalue weighted by Gasteiger charge is 1.94. The highest BCUT2D eigenvalue weighted by molar-refractivity contribution is 8.06. The summed E-state index contributed by atoms with van der Waals surface area (Å²) in [5, 5.41) is 5.84. The maximum Gasteiger partial charge on any atom is 0.0879 e. The summed E-state index contributed by atoms with van der Waals surface area (Å²) in [4.78, 5) is 0. The molecule has 0 saturated carbocycles. The average molecular weight is 134 g/mol. The molecule has 1 rings (SSSR count). The van der Waals surface area contributed by atoms with Gasteiger partial charge in [-0.3, -0.25) is 0 Å². The molecular weight excluding hydrogens is 130 g/mol. The molecule has 1 N–H and O–H groups in total. The third-order valence-electron chi connectivity index (χ3n) is 0.588. The zero-order valence-electron chi connectivity index (χ0n) is 3.52. The Labute approximate surface area is 51.4 Å². The standard InChI is InChI=1S/C4H4ClNS/c5-3-4-6-1-2-7-4/h1-3,6H. The SMILES string of the molecule is ClC=C1NC=CS1. The Hall–Kier alpha value is -0.0800. The number of nitrogens with one attached hydrogen (secondary N) is 1. The van der Waals surface area contributed by atoms with Crippen LogP contribution in [0.5, 0.6) is 0 Å². The van der Waals surface area contributed by atoms with Crippen LogP contribution >= 0.6 is 23.4 Å². The fourth-order valence-electron chi connectivity index (χ4n) is 0.315. The van der Waals surface area contributed by atoms with Crippen molar-refractivity contribution in [1.82, 2.24) is 5.32 Å². The summed E-state index contributed by atoms with van der Waals surface area (Å²) in [6.07, 6.45) is 1.85. The number of thioether (sulfide) groups is 1. The Morgan fingerprint density at radius 2 is 2.71 bits per heavy atom. The Kier molecular flexibility index (Phi) is 1.65. The molecule has 0 spiro atoms. The van der Waals surface area contributed by atoms with Crippen LogP contribution in [0.1, 0.15) is 0 Å². The lowest BCUT2D eigenvalue weighted by Crippen LogP contribution is -1.92. The third-order valence-corrected chi connectivity index (χ3v) is 1.70. The van der Waals surface area contributed by atoms with E-state index in [4.69, 9.17) is 11.6 Å². The van der Waals surface area contributed by atoms with Gasteiger partial charge in [0.15, 0.2) is 0 Å². The first-order valence-corrected chi connectivity index (χ1v) is 3.13. The maximum atomic E-state index is 5.32. The largest absolute Gasteiger partial charge is 0.355 e. The predicted octanol–water partition coefficient (Wildman–Crippen LogP) is 1.83. The van der Waals surface area contributed by atoms with Crippen LogP contribution in [0.4, 0.5) is 0 Å². The summed E-state index contributed by atoms with van der Waals surface area (Å²) >= 11 is 6.90. The number of hydrogen-bond acceptors (Lipinski definition) is 2. The van der Waals surface area contributed by atoms with E-state index in [0.29, 0.717) is 0 Å². The molecule has 0 fully saturated rings. The zero-order valence-corrected chi connectivity index (χ0v) is 5.09. The second kappa shape index (κ2) is 2.28. The van der Waals surface area contributed by atoms with E-state index in [2.05, 4.69) is 5.32 Å². The van der Waals surface area contributed by atoms with E-state index in [1.807, 2.05) is 11.6 Å². The van der Waals surface area contributed by atoms with E-state index in [1.165, 1.54) is 5.54 Å². The van der Waals surface area contributed by atoms with Gasteiger partial charge in [0.1, 0.15) is 0 Å². The second-order valence-corrected chi connectivity index (χ2v) is 2.20. The maximum absolute atomic E-state index is 5.32. The van der Waals surface area contributed by atoms with Crippen molar-refractivity contribution >= 4 is 23.4 Å². The van der Waals surface area contributed by atoms with E-state index < -0.39 is 0 Å². The molecule has 0 saturated heterocycles. The molecule has 7 heavy (non-hydrogen) atoms. The summed E-state index contributed by atoms with van der Waals surface area (Å²) in [5.41, 5.74) is 1.52. The first-order valence-electron chi connectivity index (χ1n) is 1.82. The number of hydrogen-bond donors (Lipinski definition) is 1. The van der Waals surface area contributed by atoms with E-state index in [9.17, 15) is 0 Å². The van der Waals surface area contributed by atoms with Gasteiger partial charge in [-0.25, -0.2) is 0 Å². The molecule has 1 nitrogen and oxygen atoms in total. The quantitative estimate of drug-likeness (QED) is 0.541. The first kappa shape index (κ1) is 5.06. The summed E-state index contributed by atoms with van der Waals surface area (Å²) in [6, 6.07) is 0. The van der Waals surface area contributed by atoms with E-state index >= 15 is 0 Å². The summed E-state index contributed by atoms with van der Waals surface area (Å²) in [7, 11) is 0. The summed E-state index contributed by atoms with van der Waals surface area (Å²) in [6.45, 7) is 0. The molecule has 1 aliphatic rings. The van der Waals surface area contributed by atoms with Crippen molar-refractivity contribution in [2.75, 3.05) is 0 Å². The van der Waals surface area contributed by atoms with Crippen LogP contribution in [0.15, 0.2) is 22.2 Å². The van der Waals surface area contributed by atoms with Crippen LogP contribution in [0.2, 0.25) is 0 Å². The van der Waals surface area contributed by atoms with Crippen molar-refractivity contribution in [3.05, 3.63) is 22.2 Å². The minimum Gasteiger partial charge on any atom is -0.355 e. The van der Waals surface area contributed by atoms with Gasteiger partial charge >= 0.3 is 0 Å². The lowest BCUT2D eigenvalue weighted by molar-refractivity contribution is 1.20. The molecule has 0 aromatic carbocycles. The third kappa shape index (κ3) is 1.14. The topological polar surface area (TPSA) is 12.0 Å². The zero-order chi connectivity index (χ0) is 5.11. The molecule has 0 aromatic rings. The molecular formula is C4H4ClNS. The van der Waals surface area contributed by atoms with Gasteiger partial charge in [0, 0.05) is 11.7 Å². The van der Waals surface area contributed by atoms with Gasteiger partial charge in [-0.05, 0) is 5.41 Å². The first-order chi connectivity index (χ1) is 3.43. The molecule has 0 aromatic heterocycles. The van der Waals surface area contributed by atoms with Gasteiger partial charge in [0.05, 0.1) is 5.03 Å². The number of rotatable bonds is 0. The molecule has 0 atom stereocenters. The highest BCUT2D eigenvalue weighted by Crippen LogP contribution is 2.19. The molecule has 38 valence electrons. The van der Waals surface area contributed by atoms with Crippen molar-refractivity contribution in [3.63, 3.8) is 0 Å². The number of halogens is 1. The van der Waals surface area contributed by atoms with Gasteiger partial charge in [-0.15, -0.1) is 0 Å². The van der Waals surface area contributed by atoms with Crippen LogP contribution < -0.4 is 5.32 Å². The average Bonchev–Trinajstić information content (AvgIpc) is 2.14. The Balaban J connectivity index is 2.51. The molecule has 0 aliphatic carbocycles. The molecule has 3 heteroatoms. The Bertz CT molecular complexity index is 109. The lowest BCUT2D eigenvalue weighted by atomic mass is 10.9. The van der Waals surface area contributed by atoms with Crippen molar-refractivity contribution in [2.45, 2.75) is 0 Å². The molecule has 0 bridgehead atoms. The van der Waals surface area contributed by atoms with Crippen LogP contribution in [0.3, 0.4) is 0 Å². The van der Waals surface area contributed by atoms with E-state index in [1.54, 1.807) is 11.8 Å². The Morgan fingerprint density at radius 1 is 1.86 bits per heavy atom. The smallest absolute Gasteiger partial charge is 0.0879 e. The monoisotopic (exact) mass is 133 g/mol. The highest BCUT2D eigenvalue weighted by atomic mass is 35.5. The van der Waals surface area contributed by atoms with Gasteiger partial charge in [-0.2, -0.15) is 0 Å². The van der Waals surface area contributed by atoms with Crippen LogP contribution in [0.25, 0.3) is 0 Å².